The zero-order valence-electron chi connectivity index (χ0n) is 12.6. The van der Waals surface area contributed by atoms with Crippen LogP contribution in [-0.2, 0) is 5.60 Å². The fourth-order valence-corrected chi connectivity index (χ4v) is 2.21. The fraction of sp³-hybridized carbons (Fsp3) is 0.188. The molecule has 0 atom stereocenters. The molecule has 3 nitrogen and oxygen atoms in total. The molecule has 2 aromatic carbocycles. The number of anilines is 1. The van der Waals surface area contributed by atoms with E-state index in [2.05, 4.69) is 5.32 Å². The van der Waals surface area contributed by atoms with Gasteiger partial charge in [-0.2, -0.15) is 26.3 Å². The number of amides is 1. The van der Waals surface area contributed by atoms with Gasteiger partial charge in [-0.25, -0.2) is 0 Å². The van der Waals surface area contributed by atoms with Crippen molar-refractivity contribution in [3.8, 4) is 0 Å². The van der Waals surface area contributed by atoms with Crippen molar-refractivity contribution in [3.63, 3.8) is 0 Å². The van der Waals surface area contributed by atoms with Crippen LogP contribution in [0.4, 0.5) is 32.0 Å². The molecule has 0 aliphatic carbocycles. The van der Waals surface area contributed by atoms with Crippen LogP contribution < -0.4 is 5.32 Å². The third-order valence-electron chi connectivity index (χ3n) is 3.49. The van der Waals surface area contributed by atoms with Gasteiger partial charge in [0.1, 0.15) is 0 Å². The molecule has 0 aliphatic heterocycles. The van der Waals surface area contributed by atoms with E-state index in [4.69, 9.17) is 11.6 Å². The molecule has 0 saturated heterocycles. The molecule has 2 rings (SSSR count). The fourth-order valence-electron chi connectivity index (χ4n) is 2.09. The van der Waals surface area contributed by atoms with E-state index in [1.807, 2.05) is 0 Å². The van der Waals surface area contributed by atoms with E-state index in [0.29, 0.717) is 17.2 Å². The highest BCUT2D eigenvalue weighted by Gasteiger charge is 2.71. The first-order valence-corrected chi connectivity index (χ1v) is 7.27. The Morgan fingerprint density at radius 2 is 1.31 bits per heavy atom. The van der Waals surface area contributed by atoms with Crippen LogP contribution in [0.15, 0.2) is 48.5 Å². The second kappa shape index (κ2) is 6.81. The number of alkyl halides is 6. The number of benzene rings is 2. The summed E-state index contributed by atoms with van der Waals surface area (Å²) in [6.45, 7) is 0. The van der Waals surface area contributed by atoms with E-state index in [0.717, 1.165) is 12.1 Å². The van der Waals surface area contributed by atoms with Crippen molar-refractivity contribution in [1.29, 1.82) is 0 Å². The summed E-state index contributed by atoms with van der Waals surface area (Å²) < 4.78 is 76.8. The van der Waals surface area contributed by atoms with E-state index in [9.17, 15) is 36.2 Å². The van der Waals surface area contributed by atoms with Gasteiger partial charge in [0.25, 0.3) is 11.5 Å². The predicted molar refractivity (Wildman–Crippen MR) is 81.9 cm³/mol. The molecule has 26 heavy (non-hydrogen) atoms. The zero-order chi connectivity index (χ0) is 19.8. The van der Waals surface area contributed by atoms with Crippen molar-refractivity contribution < 1.29 is 36.2 Å². The number of hydrogen-bond donors (Lipinski definition) is 2. The van der Waals surface area contributed by atoms with Gasteiger partial charge in [-0.05, 0) is 36.4 Å². The Balaban J connectivity index is 2.27. The molecule has 10 heteroatoms. The van der Waals surface area contributed by atoms with Gasteiger partial charge in [-0.15, -0.1) is 0 Å². The standard InChI is InChI=1S/C16H10ClF6NO2/c17-11-5-1-9(2-6-11)13(25)24-12-7-3-10(4-8-12)14(26,15(18,19)20)16(21,22)23/h1-8,26H,(H,24,25). The molecule has 2 aromatic rings. The minimum atomic E-state index is -5.97. The van der Waals surface area contributed by atoms with Gasteiger partial charge in [0.05, 0.1) is 0 Å². The molecule has 140 valence electrons. The maximum atomic E-state index is 12.8. The SMILES string of the molecule is O=C(Nc1ccc(C(O)(C(F)(F)F)C(F)(F)F)cc1)c1ccc(Cl)cc1. The Labute approximate surface area is 148 Å². The molecular formula is C16H10ClF6NO2. The molecule has 0 fully saturated rings. The molecule has 2 N–H and O–H groups in total. The van der Waals surface area contributed by atoms with Crippen LogP contribution in [0.5, 0.6) is 0 Å². The molecule has 0 heterocycles. The highest BCUT2D eigenvalue weighted by molar-refractivity contribution is 6.30. The highest BCUT2D eigenvalue weighted by atomic mass is 35.5. The molecule has 0 spiro atoms. The summed E-state index contributed by atoms with van der Waals surface area (Å²) in [5, 5.41) is 12.0. The molecule has 0 aliphatic rings. The second-order valence-corrected chi connectivity index (χ2v) is 5.68. The molecule has 0 radical (unpaired) electrons. The lowest BCUT2D eigenvalue weighted by atomic mass is 9.92. The third-order valence-corrected chi connectivity index (χ3v) is 3.74. The van der Waals surface area contributed by atoms with Gasteiger partial charge in [-0.3, -0.25) is 4.79 Å². The maximum Gasteiger partial charge on any atom is 0.430 e. The number of rotatable bonds is 3. The first-order chi connectivity index (χ1) is 11.9. The Bertz CT molecular complexity index is 770. The molecular weight excluding hydrogens is 388 g/mol. The van der Waals surface area contributed by atoms with Crippen LogP contribution in [0.2, 0.25) is 5.02 Å². The Kier molecular flexibility index (Phi) is 5.25. The Morgan fingerprint density at radius 3 is 1.73 bits per heavy atom. The monoisotopic (exact) mass is 397 g/mol. The summed E-state index contributed by atoms with van der Waals surface area (Å²) in [6, 6.07) is 8.18. The van der Waals surface area contributed by atoms with Crippen molar-refractivity contribution in [1.82, 2.24) is 0 Å². The number of hydrogen-bond acceptors (Lipinski definition) is 2. The van der Waals surface area contributed by atoms with E-state index in [-0.39, 0.29) is 11.3 Å². The summed E-state index contributed by atoms with van der Waals surface area (Å²) in [6.07, 6.45) is -11.9. The average Bonchev–Trinajstić information content (AvgIpc) is 2.53. The molecule has 0 unspecified atom stereocenters. The normalized spacial score (nSPS) is 12.8. The van der Waals surface area contributed by atoms with Crippen molar-refractivity contribution in [2.45, 2.75) is 18.0 Å². The molecule has 0 aromatic heterocycles. The summed E-state index contributed by atoms with van der Waals surface area (Å²) in [7, 11) is 0. The van der Waals surface area contributed by atoms with E-state index >= 15 is 0 Å². The van der Waals surface area contributed by atoms with E-state index in [1.54, 1.807) is 0 Å². The maximum absolute atomic E-state index is 12.8. The van der Waals surface area contributed by atoms with Crippen molar-refractivity contribution in [3.05, 3.63) is 64.7 Å². The number of aliphatic hydroxyl groups is 1. The number of carbonyl (C=O) groups is 1. The molecule has 1 amide bonds. The summed E-state index contributed by atoms with van der Waals surface area (Å²) >= 11 is 5.67. The Hall–Kier alpha value is -2.26. The molecule has 0 bridgehead atoms. The predicted octanol–water partition coefficient (Wildman–Crippen LogP) is 4.90. The Morgan fingerprint density at radius 1 is 0.846 bits per heavy atom. The summed E-state index contributed by atoms with van der Waals surface area (Å²) in [4.78, 5) is 12.0. The number of carbonyl (C=O) groups excluding carboxylic acids is 1. The lowest BCUT2D eigenvalue weighted by Gasteiger charge is -2.32. The smallest absolute Gasteiger partial charge is 0.369 e. The van der Waals surface area contributed by atoms with Gasteiger partial charge in [0.2, 0.25) is 0 Å². The van der Waals surface area contributed by atoms with Gasteiger partial charge in [-0.1, -0.05) is 23.7 Å². The minimum absolute atomic E-state index is 0.0552. The summed E-state index contributed by atoms with van der Waals surface area (Å²) in [5.41, 5.74) is -6.30. The highest BCUT2D eigenvalue weighted by Crippen LogP contribution is 2.50. The largest absolute Gasteiger partial charge is 0.430 e. The molecule has 0 saturated carbocycles. The van der Waals surface area contributed by atoms with Crippen molar-refractivity contribution in [2.75, 3.05) is 5.32 Å². The van der Waals surface area contributed by atoms with Gasteiger partial charge in [0, 0.05) is 21.8 Å². The lowest BCUT2D eigenvalue weighted by molar-refractivity contribution is -0.376. The van der Waals surface area contributed by atoms with Crippen molar-refractivity contribution >= 4 is 23.2 Å². The summed E-state index contributed by atoms with van der Waals surface area (Å²) in [5.74, 6) is -0.642. The van der Waals surface area contributed by atoms with E-state index < -0.39 is 29.4 Å². The van der Waals surface area contributed by atoms with Crippen LogP contribution in [0.3, 0.4) is 0 Å². The van der Waals surface area contributed by atoms with Gasteiger partial charge >= 0.3 is 12.4 Å². The van der Waals surface area contributed by atoms with Crippen LogP contribution in [-0.4, -0.2) is 23.4 Å². The van der Waals surface area contributed by atoms with E-state index in [1.165, 1.54) is 24.3 Å². The first kappa shape index (κ1) is 20.1. The van der Waals surface area contributed by atoms with Crippen LogP contribution in [0.1, 0.15) is 15.9 Å². The van der Waals surface area contributed by atoms with Crippen LogP contribution in [0.25, 0.3) is 0 Å². The quantitative estimate of drug-likeness (QED) is 0.723. The minimum Gasteiger partial charge on any atom is -0.369 e. The zero-order valence-corrected chi connectivity index (χ0v) is 13.4. The van der Waals surface area contributed by atoms with Crippen LogP contribution in [0, 0.1) is 0 Å². The first-order valence-electron chi connectivity index (χ1n) is 6.89. The second-order valence-electron chi connectivity index (χ2n) is 5.24. The third kappa shape index (κ3) is 3.78. The topological polar surface area (TPSA) is 49.3 Å². The van der Waals surface area contributed by atoms with Gasteiger partial charge in [0.15, 0.2) is 0 Å². The van der Waals surface area contributed by atoms with Gasteiger partial charge < -0.3 is 10.4 Å². The van der Waals surface area contributed by atoms with Crippen molar-refractivity contribution in [2.24, 2.45) is 0 Å². The average molecular weight is 398 g/mol. The lowest BCUT2D eigenvalue weighted by Crippen LogP contribution is -2.53. The number of halogens is 7. The van der Waals surface area contributed by atoms with Crippen LogP contribution >= 0.6 is 11.6 Å². The number of nitrogens with one attached hydrogen (secondary N) is 1.